The summed E-state index contributed by atoms with van der Waals surface area (Å²) in [7, 11) is 0. The lowest BCUT2D eigenvalue weighted by atomic mass is 10.2. The van der Waals surface area contributed by atoms with Crippen molar-refractivity contribution in [1.82, 2.24) is 9.97 Å². The number of aromatic hydroxyl groups is 1. The van der Waals surface area contributed by atoms with Gasteiger partial charge in [-0.2, -0.15) is 8.78 Å². The van der Waals surface area contributed by atoms with Gasteiger partial charge >= 0.3 is 5.97 Å². The largest absolute Gasteiger partial charge is 0.507 e. The SMILES string of the molecule is O=C(Oc1c(F)c(F)c(F)c(F)c1F)c1ccc(OCCNc2ncccn2)cc1O. The molecular formula is C19H12F5N3O4. The first-order chi connectivity index (χ1) is 14.8. The number of hydrogen-bond acceptors (Lipinski definition) is 7. The van der Waals surface area contributed by atoms with E-state index in [-0.39, 0.29) is 12.4 Å². The maximum Gasteiger partial charge on any atom is 0.347 e. The number of nitrogens with zero attached hydrogens (tertiary/aromatic N) is 2. The van der Waals surface area contributed by atoms with E-state index in [1.807, 2.05) is 0 Å². The molecule has 0 saturated carbocycles. The minimum absolute atomic E-state index is 0.117. The molecule has 1 aromatic heterocycles. The Labute approximate surface area is 171 Å². The summed E-state index contributed by atoms with van der Waals surface area (Å²) >= 11 is 0. The Hall–Kier alpha value is -3.96. The fourth-order valence-corrected chi connectivity index (χ4v) is 2.32. The predicted molar refractivity (Wildman–Crippen MR) is 95.3 cm³/mol. The first-order valence-corrected chi connectivity index (χ1v) is 8.50. The number of aromatic nitrogens is 2. The van der Waals surface area contributed by atoms with Crippen LogP contribution in [0.1, 0.15) is 10.4 Å². The zero-order valence-electron chi connectivity index (χ0n) is 15.3. The molecule has 0 fully saturated rings. The molecule has 1 heterocycles. The summed E-state index contributed by atoms with van der Waals surface area (Å²) in [6.45, 7) is 0.418. The number of carbonyl (C=O) groups excluding carboxylic acids is 1. The number of halogens is 5. The van der Waals surface area contributed by atoms with Crippen molar-refractivity contribution >= 4 is 11.9 Å². The van der Waals surface area contributed by atoms with Crippen molar-refractivity contribution in [2.75, 3.05) is 18.5 Å². The first kappa shape index (κ1) is 21.7. The molecule has 2 N–H and O–H groups in total. The highest BCUT2D eigenvalue weighted by Crippen LogP contribution is 2.31. The number of benzene rings is 2. The molecule has 0 spiro atoms. The van der Waals surface area contributed by atoms with Crippen LogP contribution >= 0.6 is 0 Å². The predicted octanol–water partition coefficient (Wildman–Crippen LogP) is 3.59. The van der Waals surface area contributed by atoms with E-state index < -0.39 is 52.1 Å². The average molecular weight is 441 g/mol. The van der Waals surface area contributed by atoms with Crippen molar-refractivity contribution in [3.05, 3.63) is 71.3 Å². The van der Waals surface area contributed by atoms with Gasteiger partial charge in [0.1, 0.15) is 23.7 Å². The molecule has 7 nitrogen and oxygen atoms in total. The van der Waals surface area contributed by atoms with Gasteiger partial charge in [0.2, 0.25) is 40.8 Å². The van der Waals surface area contributed by atoms with Crippen LogP contribution in [0.4, 0.5) is 27.9 Å². The van der Waals surface area contributed by atoms with E-state index in [1.54, 1.807) is 18.5 Å². The third kappa shape index (κ3) is 4.79. The van der Waals surface area contributed by atoms with E-state index in [1.165, 1.54) is 6.07 Å². The first-order valence-electron chi connectivity index (χ1n) is 8.50. The molecule has 12 heteroatoms. The Kier molecular flexibility index (Phi) is 6.48. The highest BCUT2D eigenvalue weighted by Gasteiger charge is 2.29. The van der Waals surface area contributed by atoms with E-state index in [9.17, 15) is 31.9 Å². The van der Waals surface area contributed by atoms with Gasteiger partial charge in [0.25, 0.3) is 0 Å². The molecule has 0 saturated heterocycles. The van der Waals surface area contributed by atoms with Gasteiger partial charge in [-0.15, -0.1) is 0 Å². The van der Waals surface area contributed by atoms with Crippen LogP contribution in [0.3, 0.4) is 0 Å². The van der Waals surface area contributed by atoms with E-state index >= 15 is 0 Å². The Morgan fingerprint density at radius 2 is 1.58 bits per heavy atom. The third-order valence-electron chi connectivity index (χ3n) is 3.77. The number of rotatable bonds is 7. The maximum atomic E-state index is 13.6. The van der Waals surface area contributed by atoms with Crippen LogP contribution in [0, 0.1) is 29.1 Å². The summed E-state index contributed by atoms with van der Waals surface area (Å²) in [5.74, 6) is -15.1. The van der Waals surface area contributed by atoms with E-state index in [0.717, 1.165) is 12.1 Å². The number of anilines is 1. The minimum Gasteiger partial charge on any atom is -0.507 e. The van der Waals surface area contributed by atoms with Crippen molar-refractivity contribution in [2.45, 2.75) is 0 Å². The number of ether oxygens (including phenoxy) is 2. The second-order valence-electron chi connectivity index (χ2n) is 5.82. The van der Waals surface area contributed by atoms with Crippen LogP contribution < -0.4 is 14.8 Å². The second-order valence-corrected chi connectivity index (χ2v) is 5.82. The molecule has 0 amide bonds. The zero-order chi connectivity index (χ0) is 22.5. The van der Waals surface area contributed by atoms with Gasteiger partial charge in [-0.05, 0) is 18.2 Å². The molecule has 162 valence electrons. The molecule has 0 atom stereocenters. The Morgan fingerprint density at radius 3 is 2.19 bits per heavy atom. The van der Waals surface area contributed by atoms with Crippen molar-refractivity contribution in [3.8, 4) is 17.2 Å². The van der Waals surface area contributed by atoms with Crippen LogP contribution in [-0.2, 0) is 0 Å². The fraction of sp³-hybridized carbons (Fsp3) is 0.105. The molecule has 0 radical (unpaired) electrons. The number of nitrogens with one attached hydrogen (secondary N) is 1. The van der Waals surface area contributed by atoms with Gasteiger partial charge in [-0.25, -0.2) is 27.9 Å². The molecule has 0 unspecified atom stereocenters. The van der Waals surface area contributed by atoms with Crippen LogP contribution in [-0.4, -0.2) is 34.2 Å². The van der Waals surface area contributed by atoms with E-state index in [2.05, 4.69) is 20.0 Å². The van der Waals surface area contributed by atoms with Crippen molar-refractivity contribution in [2.24, 2.45) is 0 Å². The zero-order valence-corrected chi connectivity index (χ0v) is 15.3. The minimum atomic E-state index is -2.40. The second kappa shape index (κ2) is 9.24. The molecule has 3 aromatic rings. The van der Waals surface area contributed by atoms with Crippen LogP contribution in [0.25, 0.3) is 0 Å². The van der Waals surface area contributed by atoms with Gasteiger partial charge < -0.3 is 19.9 Å². The third-order valence-corrected chi connectivity index (χ3v) is 3.77. The summed E-state index contributed by atoms with van der Waals surface area (Å²) < 4.78 is 76.4. The smallest absolute Gasteiger partial charge is 0.347 e. The molecular weight excluding hydrogens is 429 g/mol. The number of phenolic OH excluding ortho intramolecular Hbond substituents is 1. The van der Waals surface area contributed by atoms with Crippen molar-refractivity contribution in [1.29, 1.82) is 0 Å². The number of hydrogen-bond donors (Lipinski definition) is 2. The topological polar surface area (TPSA) is 93.6 Å². The van der Waals surface area contributed by atoms with Crippen LogP contribution in [0.2, 0.25) is 0 Å². The number of phenols is 1. The van der Waals surface area contributed by atoms with E-state index in [4.69, 9.17) is 4.74 Å². The highest BCUT2D eigenvalue weighted by atomic mass is 19.2. The summed E-state index contributed by atoms with van der Waals surface area (Å²) in [6.07, 6.45) is 3.08. The molecule has 0 aliphatic rings. The van der Waals surface area contributed by atoms with Crippen molar-refractivity contribution in [3.63, 3.8) is 0 Å². The van der Waals surface area contributed by atoms with Crippen LogP contribution in [0.15, 0.2) is 36.7 Å². The summed E-state index contributed by atoms with van der Waals surface area (Å²) in [5, 5.41) is 12.8. The quantitative estimate of drug-likeness (QED) is 0.145. The van der Waals surface area contributed by atoms with Crippen molar-refractivity contribution < 1.29 is 41.3 Å². The summed E-state index contributed by atoms with van der Waals surface area (Å²) in [4.78, 5) is 19.9. The van der Waals surface area contributed by atoms with Gasteiger partial charge in [-0.3, -0.25) is 0 Å². The average Bonchev–Trinajstić information content (AvgIpc) is 2.77. The normalized spacial score (nSPS) is 10.6. The van der Waals surface area contributed by atoms with Gasteiger partial charge in [-0.1, -0.05) is 0 Å². The van der Waals surface area contributed by atoms with Crippen LogP contribution in [0.5, 0.6) is 17.2 Å². The highest BCUT2D eigenvalue weighted by molar-refractivity contribution is 5.94. The summed E-state index contributed by atoms with van der Waals surface area (Å²) in [5.41, 5.74) is -0.591. The van der Waals surface area contributed by atoms with E-state index in [0.29, 0.717) is 12.5 Å². The lowest BCUT2D eigenvalue weighted by Gasteiger charge is -2.11. The van der Waals surface area contributed by atoms with Gasteiger partial charge in [0.05, 0.1) is 6.54 Å². The Balaban J connectivity index is 1.65. The molecule has 0 bridgehead atoms. The fourth-order valence-electron chi connectivity index (χ4n) is 2.32. The summed E-state index contributed by atoms with van der Waals surface area (Å²) in [6, 6.07) is 4.87. The lowest BCUT2D eigenvalue weighted by molar-refractivity contribution is 0.0713. The molecule has 31 heavy (non-hydrogen) atoms. The molecule has 3 rings (SSSR count). The maximum absolute atomic E-state index is 13.6. The lowest BCUT2D eigenvalue weighted by Crippen LogP contribution is -2.14. The molecule has 0 aliphatic carbocycles. The Morgan fingerprint density at radius 1 is 0.968 bits per heavy atom. The molecule has 0 aliphatic heterocycles. The number of esters is 1. The number of carbonyl (C=O) groups is 1. The monoisotopic (exact) mass is 441 g/mol. The standard InChI is InChI=1S/C19H12F5N3O4/c20-12-13(21)15(23)17(16(24)14(12)22)31-18(29)10-3-2-9(8-11(10)28)30-7-6-27-19-25-4-1-5-26-19/h1-5,8,28H,6-7H2,(H,25,26,27). The Bertz CT molecular complexity index is 1090. The van der Waals surface area contributed by atoms with Gasteiger partial charge in [0.15, 0.2) is 0 Å². The molecule has 2 aromatic carbocycles. The van der Waals surface area contributed by atoms with Gasteiger partial charge in [0, 0.05) is 18.5 Å².